The molecule has 0 spiro atoms. The summed E-state index contributed by atoms with van der Waals surface area (Å²) in [5.41, 5.74) is -0.591. The lowest BCUT2D eigenvalue weighted by Gasteiger charge is -2.14. The van der Waals surface area contributed by atoms with E-state index in [0.717, 1.165) is 18.2 Å². The number of esters is 1. The Morgan fingerprint density at radius 2 is 2.04 bits per heavy atom. The van der Waals surface area contributed by atoms with Crippen molar-refractivity contribution in [2.24, 2.45) is 0 Å². The number of nitrogens with zero attached hydrogens (tertiary/aromatic N) is 2. The summed E-state index contributed by atoms with van der Waals surface area (Å²) in [5.74, 6) is -2.48. The Labute approximate surface area is 158 Å². The molecule has 9 nitrogen and oxygen atoms in total. The second kappa shape index (κ2) is 9.09. The van der Waals surface area contributed by atoms with Gasteiger partial charge in [0.1, 0.15) is 11.8 Å². The summed E-state index contributed by atoms with van der Waals surface area (Å²) in [6, 6.07) is 11.0. The maximum Gasteiger partial charge on any atom is 0.344 e. The molecule has 0 fully saturated rings. The minimum atomic E-state index is -1.24. The predicted molar refractivity (Wildman–Crippen MR) is 93.9 cm³/mol. The van der Waals surface area contributed by atoms with Crippen molar-refractivity contribution >= 4 is 23.3 Å². The van der Waals surface area contributed by atoms with Gasteiger partial charge in [0, 0.05) is 11.8 Å². The standard InChI is InChI=1S/C18H14FN3O6/c1-11(18(24)21-13-6-7-14(19)15(8-13)22(25)26)28-17(23)10-27-16-5-3-2-4-12(16)9-20/h2-8,11H,10H2,1H3,(H,21,24)/t11-/m0/s1. The van der Waals surface area contributed by atoms with E-state index in [1.807, 2.05) is 6.07 Å². The smallest absolute Gasteiger partial charge is 0.344 e. The number of carbonyl (C=O) groups excluding carboxylic acids is 2. The van der Waals surface area contributed by atoms with Crippen molar-refractivity contribution in [3.63, 3.8) is 0 Å². The van der Waals surface area contributed by atoms with Crippen molar-refractivity contribution in [2.45, 2.75) is 13.0 Å². The number of halogens is 1. The third-order valence-electron chi connectivity index (χ3n) is 3.44. The Morgan fingerprint density at radius 1 is 1.32 bits per heavy atom. The van der Waals surface area contributed by atoms with Crippen LogP contribution in [0, 0.1) is 27.3 Å². The van der Waals surface area contributed by atoms with Gasteiger partial charge in [-0.15, -0.1) is 0 Å². The van der Waals surface area contributed by atoms with Crippen LogP contribution in [0.1, 0.15) is 12.5 Å². The molecule has 144 valence electrons. The number of hydrogen-bond donors (Lipinski definition) is 1. The first-order chi connectivity index (χ1) is 13.3. The summed E-state index contributed by atoms with van der Waals surface area (Å²) in [4.78, 5) is 33.7. The third-order valence-corrected chi connectivity index (χ3v) is 3.44. The Hall–Kier alpha value is -4.00. The van der Waals surface area contributed by atoms with Crippen LogP contribution in [0.3, 0.4) is 0 Å². The van der Waals surface area contributed by atoms with Crippen LogP contribution < -0.4 is 10.1 Å². The molecule has 1 N–H and O–H groups in total. The van der Waals surface area contributed by atoms with Crippen LogP contribution in [0.5, 0.6) is 5.75 Å². The first kappa shape index (κ1) is 20.3. The molecule has 28 heavy (non-hydrogen) atoms. The van der Waals surface area contributed by atoms with Crippen molar-refractivity contribution in [3.8, 4) is 11.8 Å². The van der Waals surface area contributed by atoms with Crippen LogP contribution in [-0.2, 0) is 14.3 Å². The molecule has 0 heterocycles. The second-order valence-corrected chi connectivity index (χ2v) is 5.44. The SMILES string of the molecule is C[C@H](OC(=O)COc1ccccc1C#N)C(=O)Nc1ccc(F)c([N+](=O)[O-])c1. The normalized spacial score (nSPS) is 11.0. The summed E-state index contributed by atoms with van der Waals surface area (Å²) in [5, 5.41) is 22.0. The Morgan fingerprint density at radius 3 is 2.71 bits per heavy atom. The highest BCUT2D eigenvalue weighted by atomic mass is 19.1. The van der Waals surface area contributed by atoms with Gasteiger partial charge in [-0.3, -0.25) is 14.9 Å². The van der Waals surface area contributed by atoms with Crippen LogP contribution in [0.4, 0.5) is 15.8 Å². The van der Waals surface area contributed by atoms with Gasteiger partial charge in [-0.2, -0.15) is 9.65 Å². The summed E-state index contributed by atoms with van der Waals surface area (Å²) in [6.07, 6.45) is -1.24. The maximum atomic E-state index is 13.3. The molecule has 0 aliphatic rings. The van der Waals surface area contributed by atoms with Gasteiger partial charge in [-0.05, 0) is 31.2 Å². The molecule has 1 atom stereocenters. The number of anilines is 1. The first-order valence-corrected chi connectivity index (χ1v) is 7.88. The number of ether oxygens (including phenoxy) is 2. The Balaban J connectivity index is 1.91. The van der Waals surface area contributed by atoms with Gasteiger partial charge in [0.05, 0.1) is 10.5 Å². The summed E-state index contributed by atoms with van der Waals surface area (Å²) in [7, 11) is 0. The molecule has 2 rings (SSSR count). The number of amides is 1. The van der Waals surface area contributed by atoms with Crippen molar-refractivity contribution in [3.05, 3.63) is 64.0 Å². The van der Waals surface area contributed by atoms with Crippen LogP contribution in [-0.4, -0.2) is 29.5 Å². The van der Waals surface area contributed by atoms with E-state index in [4.69, 9.17) is 14.7 Å². The number of benzene rings is 2. The minimum absolute atomic E-state index is 0.0276. The van der Waals surface area contributed by atoms with E-state index >= 15 is 0 Å². The summed E-state index contributed by atoms with van der Waals surface area (Å²) >= 11 is 0. The van der Waals surface area contributed by atoms with E-state index in [1.165, 1.54) is 19.1 Å². The second-order valence-electron chi connectivity index (χ2n) is 5.44. The zero-order valence-corrected chi connectivity index (χ0v) is 14.5. The molecule has 0 aliphatic heterocycles. The fraction of sp³-hybridized carbons (Fsp3) is 0.167. The number of para-hydroxylation sites is 1. The van der Waals surface area contributed by atoms with Crippen LogP contribution in [0.25, 0.3) is 0 Å². The van der Waals surface area contributed by atoms with Gasteiger partial charge < -0.3 is 14.8 Å². The molecule has 0 radical (unpaired) electrons. The molecule has 10 heteroatoms. The van der Waals surface area contributed by atoms with Gasteiger partial charge in [0.25, 0.3) is 5.91 Å². The predicted octanol–water partition coefficient (Wildman–Crippen LogP) is 2.55. The molecule has 2 aromatic carbocycles. The first-order valence-electron chi connectivity index (χ1n) is 7.88. The lowest BCUT2D eigenvalue weighted by atomic mass is 10.2. The van der Waals surface area contributed by atoms with Crippen LogP contribution in [0.2, 0.25) is 0 Å². The van der Waals surface area contributed by atoms with Crippen LogP contribution in [0.15, 0.2) is 42.5 Å². The van der Waals surface area contributed by atoms with Gasteiger partial charge >= 0.3 is 11.7 Å². The maximum absolute atomic E-state index is 13.3. The highest BCUT2D eigenvalue weighted by Gasteiger charge is 2.21. The van der Waals surface area contributed by atoms with Crippen molar-refractivity contribution in [1.82, 2.24) is 0 Å². The van der Waals surface area contributed by atoms with Crippen molar-refractivity contribution < 1.29 is 28.4 Å². The number of carbonyl (C=O) groups is 2. The molecule has 0 saturated heterocycles. The number of nitrogens with one attached hydrogen (secondary N) is 1. The number of hydrogen-bond acceptors (Lipinski definition) is 7. The number of nitriles is 1. The summed E-state index contributed by atoms with van der Waals surface area (Å²) in [6.45, 7) is 0.757. The fourth-order valence-electron chi connectivity index (χ4n) is 2.08. The van der Waals surface area contributed by atoms with Gasteiger partial charge in [-0.1, -0.05) is 12.1 Å². The Bertz CT molecular complexity index is 957. The zero-order chi connectivity index (χ0) is 20.7. The molecule has 0 bridgehead atoms. The molecule has 0 aliphatic carbocycles. The monoisotopic (exact) mass is 387 g/mol. The van der Waals surface area contributed by atoms with Gasteiger partial charge in [0.2, 0.25) is 5.82 Å². The third kappa shape index (κ3) is 5.25. The van der Waals surface area contributed by atoms with Crippen molar-refractivity contribution in [1.29, 1.82) is 5.26 Å². The number of nitro groups is 1. The number of rotatable bonds is 7. The fourth-order valence-corrected chi connectivity index (χ4v) is 2.08. The Kier molecular flexibility index (Phi) is 6.59. The van der Waals surface area contributed by atoms with E-state index in [2.05, 4.69) is 5.32 Å². The largest absolute Gasteiger partial charge is 0.481 e. The van der Waals surface area contributed by atoms with E-state index in [-0.39, 0.29) is 17.0 Å². The highest BCUT2D eigenvalue weighted by molar-refractivity contribution is 5.95. The van der Waals surface area contributed by atoms with E-state index in [0.29, 0.717) is 0 Å². The molecular formula is C18H14FN3O6. The van der Waals surface area contributed by atoms with Gasteiger partial charge in [-0.25, -0.2) is 4.79 Å². The average Bonchev–Trinajstić information content (AvgIpc) is 2.67. The van der Waals surface area contributed by atoms with E-state index in [1.54, 1.807) is 12.1 Å². The highest BCUT2D eigenvalue weighted by Crippen LogP contribution is 2.22. The van der Waals surface area contributed by atoms with Crippen LogP contribution >= 0.6 is 0 Å². The summed E-state index contributed by atoms with van der Waals surface area (Å²) < 4.78 is 23.4. The lowest BCUT2D eigenvalue weighted by molar-refractivity contribution is -0.387. The minimum Gasteiger partial charge on any atom is -0.481 e. The molecule has 1 amide bonds. The molecule has 0 aromatic heterocycles. The lowest BCUT2D eigenvalue weighted by Crippen LogP contribution is -2.31. The molecular weight excluding hydrogens is 373 g/mol. The van der Waals surface area contributed by atoms with Gasteiger partial charge in [0.15, 0.2) is 12.7 Å². The topological polar surface area (TPSA) is 132 Å². The number of nitro benzene ring substituents is 1. The quantitative estimate of drug-likeness (QED) is 0.439. The van der Waals surface area contributed by atoms with E-state index < -0.39 is 41.0 Å². The van der Waals surface area contributed by atoms with Crippen molar-refractivity contribution in [2.75, 3.05) is 11.9 Å². The molecule has 0 unspecified atom stereocenters. The zero-order valence-electron chi connectivity index (χ0n) is 14.5. The molecule has 2 aromatic rings. The van der Waals surface area contributed by atoms with E-state index in [9.17, 15) is 24.1 Å². The average molecular weight is 387 g/mol. The molecule has 0 saturated carbocycles.